The van der Waals surface area contributed by atoms with E-state index in [1.54, 1.807) is 0 Å². The fraction of sp³-hybridized carbons (Fsp3) is 0.684. The second-order valence-corrected chi connectivity index (χ2v) is 8.59. The van der Waals surface area contributed by atoms with Gasteiger partial charge in [0.15, 0.2) is 0 Å². The van der Waals surface area contributed by atoms with Gasteiger partial charge in [-0.15, -0.1) is 0 Å². The molecular weight excluding hydrogens is 318 g/mol. The summed E-state index contributed by atoms with van der Waals surface area (Å²) in [5.41, 5.74) is 1.92. The average molecular weight is 347 g/mol. The summed E-state index contributed by atoms with van der Waals surface area (Å²) in [5, 5.41) is 3.04. The summed E-state index contributed by atoms with van der Waals surface area (Å²) in [6.07, 6.45) is 3.75. The molecule has 0 saturated heterocycles. The first-order valence-corrected chi connectivity index (χ1v) is 8.74. The van der Waals surface area contributed by atoms with E-state index in [0.29, 0.717) is 0 Å². The van der Waals surface area contributed by atoms with Gasteiger partial charge in [0, 0.05) is 29.3 Å². The van der Waals surface area contributed by atoms with E-state index in [0.717, 1.165) is 29.9 Å². The molecule has 1 aliphatic rings. The van der Waals surface area contributed by atoms with Crippen molar-refractivity contribution in [3.8, 4) is 0 Å². The number of carbonyl (C=O) groups excluding carboxylic acids is 2. The van der Waals surface area contributed by atoms with E-state index in [-0.39, 0.29) is 41.6 Å². The van der Waals surface area contributed by atoms with E-state index < -0.39 is 0 Å². The maximum atomic E-state index is 12.2. The Labute approximate surface area is 149 Å². The number of aromatic nitrogens is 2. The van der Waals surface area contributed by atoms with Crippen molar-refractivity contribution in [2.45, 2.75) is 71.8 Å². The summed E-state index contributed by atoms with van der Waals surface area (Å²) >= 11 is 0. The molecule has 0 aromatic carbocycles. The smallest absolute Gasteiger partial charge is 0.306 e. The lowest BCUT2D eigenvalue weighted by Gasteiger charge is -2.37. The Morgan fingerprint density at radius 3 is 2.60 bits per heavy atom. The van der Waals surface area contributed by atoms with E-state index in [9.17, 15) is 9.59 Å². The molecule has 0 aliphatic heterocycles. The number of methoxy groups -OCH3 is 1. The number of fused-ring (bicyclic) bond motifs is 1. The van der Waals surface area contributed by atoms with Crippen LogP contribution in [0.15, 0.2) is 6.20 Å². The largest absolute Gasteiger partial charge is 0.469 e. The van der Waals surface area contributed by atoms with Crippen LogP contribution in [-0.2, 0) is 26.2 Å². The Balaban J connectivity index is 2.20. The van der Waals surface area contributed by atoms with Gasteiger partial charge in [-0.25, -0.2) is 9.97 Å². The number of amides is 1. The monoisotopic (exact) mass is 347 g/mol. The first kappa shape index (κ1) is 19.3. The summed E-state index contributed by atoms with van der Waals surface area (Å²) in [5.74, 6) is 0.288. The number of carbonyl (C=O) groups is 2. The molecule has 1 aliphatic carbocycles. The molecule has 0 bridgehead atoms. The van der Waals surface area contributed by atoms with Crippen molar-refractivity contribution in [3.05, 3.63) is 23.3 Å². The van der Waals surface area contributed by atoms with Crippen LogP contribution in [0, 0.1) is 5.41 Å². The molecule has 2 rings (SSSR count). The zero-order valence-electron chi connectivity index (χ0n) is 16.1. The minimum Gasteiger partial charge on any atom is -0.469 e. The predicted octanol–water partition coefficient (Wildman–Crippen LogP) is 2.86. The molecule has 0 spiro atoms. The number of rotatable bonds is 4. The normalized spacial score (nSPS) is 19.0. The molecule has 1 atom stereocenters. The molecule has 138 valence electrons. The molecule has 0 fully saturated rings. The summed E-state index contributed by atoms with van der Waals surface area (Å²) in [6, 6.07) is -0.127. The van der Waals surface area contributed by atoms with Crippen LogP contribution >= 0.6 is 0 Å². The van der Waals surface area contributed by atoms with Gasteiger partial charge in [0.1, 0.15) is 5.82 Å². The molecule has 1 amide bonds. The highest BCUT2D eigenvalue weighted by molar-refractivity contribution is 5.81. The van der Waals surface area contributed by atoms with Gasteiger partial charge in [0.25, 0.3) is 0 Å². The van der Waals surface area contributed by atoms with Crippen molar-refractivity contribution >= 4 is 11.9 Å². The van der Waals surface area contributed by atoms with Gasteiger partial charge in [-0.3, -0.25) is 9.59 Å². The minimum absolute atomic E-state index is 0.0385. The van der Waals surface area contributed by atoms with Gasteiger partial charge >= 0.3 is 5.97 Å². The maximum absolute atomic E-state index is 12.2. The molecular formula is C19H29N3O3. The van der Waals surface area contributed by atoms with E-state index in [1.165, 1.54) is 7.11 Å². The van der Waals surface area contributed by atoms with Crippen molar-refractivity contribution in [3.63, 3.8) is 0 Å². The molecule has 0 radical (unpaired) electrons. The summed E-state index contributed by atoms with van der Waals surface area (Å²) < 4.78 is 4.59. The van der Waals surface area contributed by atoms with Crippen molar-refractivity contribution in [1.82, 2.24) is 15.3 Å². The van der Waals surface area contributed by atoms with Crippen LogP contribution in [0.3, 0.4) is 0 Å². The van der Waals surface area contributed by atoms with Crippen LogP contribution in [0.2, 0.25) is 0 Å². The number of nitrogens with one attached hydrogen (secondary N) is 1. The third kappa shape index (κ3) is 5.00. The summed E-state index contributed by atoms with van der Waals surface area (Å²) in [6.45, 7) is 10.6. The second kappa shape index (κ2) is 7.10. The zero-order chi connectivity index (χ0) is 18.8. The Bertz CT molecular complexity index is 662. The van der Waals surface area contributed by atoms with Gasteiger partial charge in [-0.2, -0.15) is 0 Å². The topological polar surface area (TPSA) is 81.2 Å². The van der Waals surface area contributed by atoms with Gasteiger partial charge in [0.2, 0.25) is 5.91 Å². The fourth-order valence-corrected chi connectivity index (χ4v) is 3.12. The average Bonchev–Trinajstić information content (AvgIpc) is 2.50. The lowest BCUT2D eigenvalue weighted by atomic mass is 9.74. The highest BCUT2D eigenvalue weighted by Crippen LogP contribution is 2.40. The lowest BCUT2D eigenvalue weighted by Crippen LogP contribution is -2.37. The van der Waals surface area contributed by atoms with E-state index in [2.05, 4.69) is 49.7 Å². The molecule has 1 aromatic heterocycles. The first-order chi connectivity index (χ1) is 11.5. The number of hydrogen-bond donors (Lipinski definition) is 1. The quantitative estimate of drug-likeness (QED) is 0.847. The van der Waals surface area contributed by atoms with Gasteiger partial charge < -0.3 is 10.1 Å². The van der Waals surface area contributed by atoms with E-state index in [4.69, 9.17) is 4.98 Å². The lowest BCUT2D eigenvalue weighted by molar-refractivity contribution is -0.142. The number of ether oxygens (including phenoxy) is 1. The molecule has 6 heteroatoms. The molecule has 1 heterocycles. The van der Waals surface area contributed by atoms with Crippen molar-refractivity contribution in [1.29, 1.82) is 0 Å². The first-order valence-electron chi connectivity index (χ1n) is 8.74. The Morgan fingerprint density at radius 1 is 1.32 bits per heavy atom. The maximum Gasteiger partial charge on any atom is 0.306 e. The molecule has 1 aromatic rings. The fourth-order valence-electron chi connectivity index (χ4n) is 3.12. The van der Waals surface area contributed by atoms with Crippen LogP contribution in [0.25, 0.3) is 0 Å². The SMILES string of the molecule is COC(=O)CCC(=O)N[C@H]1CC(C)(C)Cc2nc(C(C)(C)C)ncc21. The van der Waals surface area contributed by atoms with Crippen LogP contribution in [0.1, 0.15) is 77.0 Å². The standard InChI is InChI=1S/C19H29N3O3/c1-18(2,3)17-20-11-12-13(9-19(4,5)10-14(12)22-17)21-15(23)7-8-16(24)25-6/h11,13H,7-10H2,1-6H3,(H,21,23)/t13-/m0/s1. The summed E-state index contributed by atoms with van der Waals surface area (Å²) in [7, 11) is 1.32. The van der Waals surface area contributed by atoms with E-state index >= 15 is 0 Å². The van der Waals surface area contributed by atoms with Crippen LogP contribution in [0.4, 0.5) is 0 Å². The molecule has 25 heavy (non-hydrogen) atoms. The van der Waals surface area contributed by atoms with Crippen LogP contribution in [0.5, 0.6) is 0 Å². The third-order valence-corrected chi connectivity index (χ3v) is 4.47. The van der Waals surface area contributed by atoms with Gasteiger partial charge in [-0.1, -0.05) is 34.6 Å². The van der Waals surface area contributed by atoms with Crippen molar-refractivity contribution in [2.75, 3.05) is 7.11 Å². The minimum atomic E-state index is -0.377. The number of hydrogen-bond acceptors (Lipinski definition) is 5. The van der Waals surface area contributed by atoms with Crippen molar-refractivity contribution < 1.29 is 14.3 Å². The van der Waals surface area contributed by atoms with Crippen LogP contribution in [-0.4, -0.2) is 29.0 Å². The van der Waals surface area contributed by atoms with Gasteiger partial charge in [-0.05, 0) is 18.3 Å². The highest BCUT2D eigenvalue weighted by atomic mass is 16.5. The van der Waals surface area contributed by atoms with E-state index in [1.807, 2.05) is 6.20 Å². The summed E-state index contributed by atoms with van der Waals surface area (Å²) in [4.78, 5) is 32.7. The highest BCUT2D eigenvalue weighted by Gasteiger charge is 2.35. The number of esters is 1. The third-order valence-electron chi connectivity index (χ3n) is 4.47. The van der Waals surface area contributed by atoms with Crippen LogP contribution < -0.4 is 5.32 Å². The number of nitrogens with zero attached hydrogens (tertiary/aromatic N) is 2. The predicted molar refractivity (Wildman–Crippen MR) is 95.0 cm³/mol. The van der Waals surface area contributed by atoms with Crippen molar-refractivity contribution in [2.24, 2.45) is 5.41 Å². The molecule has 6 nitrogen and oxygen atoms in total. The molecule has 0 unspecified atom stereocenters. The Morgan fingerprint density at radius 2 is 2.00 bits per heavy atom. The second-order valence-electron chi connectivity index (χ2n) is 8.59. The Hall–Kier alpha value is -1.98. The van der Waals surface area contributed by atoms with Gasteiger partial charge in [0.05, 0.1) is 19.6 Å². The molecule has 1 N–H and O–H groups in total. The molecule has 0 saturated carbocycles. The Kier molecular flexibility index (Phi) is 5.49. The zero-order valence-corrected chi connectivity index (χ0v) is 16.1.